The van der Waals surface area contributed by atoms with Gasteiger partial charge in [-0.3, -0.25) is 14.7 Å². The second-order valence-electron chi connectivity index (χ2n) is 12.7. The number of nitrogens with zero attached hydrogens (tertiary/aromatic N) is 2. The summed E-state index contributed by atoms with van der Waals surface area (Å²) in [6.45, 7) is 10.3. The monoisotopic (exact) mass is 636 g/mol. The average molecular weight is 637 g/mol. The zero-order valence-electron chi connectivity index (χ0n) is 26.4. The number of benzene rings is 2. The SMILES string of the molecule is C[C@@H](NC(=O)c1cc(C2=CCCN(C3COC3)C2)ccn1)c1ccc(-c2cc(C(F)(F)F)ccc2CNC(=O)OC(C)(C)C)cc1. The van der Waals surface area contributed by atoms with E-state index in [1.54, 1.807) is 57.3 Å². The number of pyridine rings is 1. The van der Waals surface area contributed by atoms with E-state index in [0.29, 0.717) is 28.4 Å². The molecule has 244 valence electrons. The number of amides is 2. The van der Waals surface area contributed by atoms with Crippen molar-refractivity contribution in [3.8, 4) is 11.1 Å². The van der Waals surface area contributed by atoms with Crippen molar-refractivity contribution in [1.82, 2.24) is 20.5 Å². The van der Waals surface area contributed by atoms with Crippen molar-refractivity contribution in [2.24, 2.45) is 0 Å². The van der Waals surface area contributed by atoms with Crippen LogP contribution in [-0.4, -0.2) is 59.8 Å². The molecule has 0 unspecified atom stereocenters. The lowest BCUT2D eigenvalue weighted by molar-refractivity contribution is -0.137. The first kappa shape index (κ1) is 33.2. The Hall–Kier alpha value is -4.22. The predicted octanol–water partition coefficient (Wildman–Crippen LogP) is 6.77. The molecule has 1 aromatic heterocycles. The van der Waals surface area contributed by atoms with Crippen molar-refractivity contribution in [3.05, 3.63) is 94.8 Å². The van der Waals surface area contributed by atoms with Gasteiger partial charge in [-0.2, -0.15) is 13.2 Å². The fourth-order valence-corrected chi connectivity index (χ4v) is 5.44. The zero-order chi connectivity index (χ0) is 33.1. The van der Waals surface area contributed by atoms with Crippen LogP contribution >= 0.6 is 0 Å². The molecule has 2 N–H and O–H groups in total. The molecule has 8 nitrogen and oxygen atoms in total. The Morgan fingerprint density at radius 2 is 1.78 bits per heavy atom. The lowest BCUT2D eigenvalue weighted by atomic mass is 9.95. The van der Waals surface area contributed by atoms with Crippen LogP contribution in [0.2, 0.25) is 0 Å². The molecule has 1 fully saturated rings. The molecule has 46 heavy (non-hydrogen) atoms. The number of hydrogen-bond donors (Lipinski definition) is 2. The van der Waals surface area contributed by atoms with Crippen molar-refractivity contribution in [3.63, 3.8) is 0 Å². The molecular weight excluding hydrogens is 597 g/mol. The number of rotatable bonds is 8. The van der Waals surface area contributed by atoms with E-state index in [0.717, 1.165) is 61.6 Å². The molecule has 2 amide bonds. The van der Waals surface area contributed by atoms with Gasteiger partial charge in [-0.05, 0) is 91.8 Å². The molecule has 0 radical (unpaired) electrons. The number of aromatic nitrogens is 1. The van der Waals surface area contributed by atoms with E-state index in [9.17, 15) is 22.8 Å². The molecule has 0 spiro atoms. The third-order valence-corrected chi connectivity index (χ3v) is 8.01. The van der Waals surface area contributed by atoms with Gasteiger partial charge in [-0.1, -0.05) is 36.4 Å². The number of halogens is 3. The minimum Gasteiger partial charge on any atom is -0.444 e. The summed E-state index contributed by atoms with van der Waals surface area (Å²) >= 11 is 0. The van der Waals surface area contributed by atoms with Gasteiger partial charge in [0.15, 0.2) is 0 Å². The largest absolute Gasteiger partial charge is 0.444 e. The number of carbonyl (C=O) groups is 2. The maximum absolute atomic E-state index is 13.6. The summed E-state index contributed by atoms with van der Waals surface area (Å²) in [4.78, 5) is 32.1. The molecule has 3 heterocycles. The first-order valence-electron chi connectivity index (χ1n) is 15.3. The van der Waals surface area contributed by atoms with Gasteiger partial charge in [0.2, 0.25) is 0 Å². The van der Waals surface area contributed by atoms with Gasteiger partial charge in [-0.15, -0.1) is 0 Å². The molecule has 2 aliphatic rings. The lowest BCUT2D eigenvalue weighted by Gasteiger charge is -2.39. The van der Waals surface area contributed by atoms with Crippen LogP contribution in [0.15, 0.2) is 66.9 Å². The molecule has 3 aromatic rings. The summed E-state index contributed by atoms with van der Waals surface area (Å²) in [5.41, 5.74) is 3.04. The molecule has 5 rings (SSSR count). The molecule has 1 saturated heterocycles. The molecule has 2 aliphatic heterocycles. The highest BCUT2D eigenvalue weighted by atomic mass is 19.4. The number of alkyl halides is 3. The van der Waals surface area contributed by atoms with Gasteiger partial charge < -0.3 is 20.1 Å². The predicted molar refractivity (Wildman–Crippen MR) is 169 cm³/mol. The Labute approximate surface area is 267 Å². The number of carbonyl (C=O) groups excluding carboxylic acids is 2. The topological polar surface area (TPSA) is 92.8 Å². The smallest absolute Gasteiger partial charge is 0.416 e. The van der Waals surface area contributed by atoms with E-state index in [2.05, 4.69) is 26.6 Å². The first-order valence-corrected chi connectivity index (χ1v) is 15.3. The number of alkyl carbamates (subject to hydrolysis) is 1. The van der Waals surface area contributed by atoms with Gasteiger partial charge in [0, 0.05) is 25.8 Å². The van der Waals surface area contributed by atoms with E-state index in [1.807, 2.05) is 13.0 Å². The summed E-state index contributed by atoms with van der Waals surface area (Å²) in [7, 11) is 0. The highest BCUT2D eigenvalue weighted by Crippen LogP contribution is 2.35. The highest BCUT2D eigenvalue weighted by Gasteiger charge is 2.31. The fraction of sp³-hybridized carbons (Fsp3) is 0.400. The van der Waals surface area contributed by atoms with E-state index < -0.39 is 29.5 Å². The first-order chi connectivity index (χ1) is 21.8. The summed E-state index contributed by atoms with van der Waals surface area (Å²) in [6.07, 6.45) is -0.417. The zero-order valence-corrected chi connectivity index (χ0v) is 26.4. The number of ether oxygens (including phenoxy) is 2. The van der Waals surface area contributed by atoms with Crippen molar-refractivity contribution in [2.75, 3.05) is 26.3 Å². The quantitative estimate of drug-likeness (QED) is 0.284. The highest BCUT2D eigenvalue weighted by molar-refractivity contribution is 5.93. The van der Waals surface area contributed by atoms with E-state index in [1.165, 1.54) is 6.07 Å². The Morgan fingerprint density at radius 1 is 1.04 bits per heavy atom. The second kappa shape index (κ2) is 13.6. The minimum atomic E-state index is -4.53. The van der Waals surface area contributed by atoms with Gasteiger partial charge in [-0.25, -0.2) is 4.79 Å². The van der Waals surface area contributed by atoms with Crippen molar-refractivity contribution in [1.29, 1.82) is 0 Å². The van der Waals surface area contributed by atoms with Gasteiger partial charge in [0.05, 0.1) is 30.9 Å². The van der Waals surface area contributed by atoms with Crippen LogP contribution in [-0.2, 0) is 22.2 Å². The van der Waals surface area contributed by atoms with Gasteiger partial charge in [0.25, 0.3) is 5.91 Å². The maximum Gasteiger partial charge on any atom is 0.416 e. The van der Waals surface area contributed by atoms with Gasteiger partial charge in [0.1, 0.15) is 11.3 Å². The summed E-state index contributed by atoms with van der Waals surface area (Å²) in [5, 5.41) is 5.60. The van der Waals surface area contributed by atoms with Crippen LogP contribution in [0.3, 0.4) is 0 Å². The van der Waals surface area contributed by atoms with Crippen LogP contribution < -0.4 is 10.6 Å². The van der Waals surface area contributed by atoms with Crippen LogP contribution in [0, 0.1) is 0 Å². The number of nitrogens with one attached hydrogen (secondary N) is 2. The van der Waals surface area contributed by atoms with Crippen LogP contribution in [0.5, 0.6) is 0 Å². The minimum absolute atomic E-state index is 0.0212. The number of hydrogen-bond acceptors (Lipinski definition) is 6. The molecule has 2 aromatic carbocycles. The Morgan fingerprint density at radius 3 is 2.43 bits per heavy atom. The molecule has 0 bridgehead atoms. The van der Waals surface area contributed by atoms with Crippen molar-refractivity contribution in [2.45, 2.75) is 64.5 Å². The van der Waals surface area contributed by atoms with E-state index in [-0.39, 0.29) is 12.5 Å². The molecule has 0 aliphatic carbocycles. The third-order valence-electron chi connectivity index (χ3n) is 8.01. The lowest BCUT2D eigenvalue weighted by Crippen LogP contribution is -2.50. The fourth-order valence-electron chi connectivity index (χ4n) is 5.44. The van der Waals surface area contributed by atoms with E-state index in [4.69, 9.17) is 9.47 Å². The Kier molecular flexibility index (Phi) is 9.83. The van der Waals surface area contributed by atoms with Crippen LogP contribution in [0.4, 0.5) is 18.0 Å². The molecule has 0 saturated carbocycles. The van der Waals surface area contributed by atoms with Gasteiger partial charge >= 0.3 is 12.3 Å². The maximum atomic E-state index is 13.6. The van der Waals surface area contributed by atoms with Crippen LogP contribution in [0.25, 0.3) is 16.7 Å². The van der Waals surface area contributed by atoms with Crippen LogP contribution in [0.1, 0.15) is 72.9 Å². The molecule has 1 atom stereocenters. The standard InChI is InChI=1S/C35H39F3N4O4/c1-22(41-32(43)31-16-25(13-14-39-31)27-6-5-15-42(19-27)29-20-45-21-29)23-7-9-24(10-8-23)30-17-28(35(36,37)38)12-11-26(30)18-40-33(44)46-34(2,3)4/h6-14,16-17,22,29H,5,15,18-21H2,1-4H3,(H,40,44)(H,41,43)/t22-/m1/s1. The summed E-state index contributed by atoms with van der Waals surface area (Å²) in [5.74, 6) is -0.326. The molecular formula is C35H39F3N4O4. The summed E-state index contributed by atoms with van der Waals surface area (Å²) < 4.78 is 51.4. The van der Waals surface area contributed by atoms with Crippen molar-refractivity contribution >= 4 is 17.6 Å². The van der Waals surface area contributed by atoms with E-state index >= 15 is 0 Å². The average Bonchev–Trinajstić information content (AvgIpc) is 2.98. The molecule has 11 heteroatoms. The normalized spacial score (nSPS) is 16.6. The third kappa shape index (κ3) is 8.32. The summed E-state index contributed by atoms with van der Waals surface area (Å²) in [6, 6.07) is 14.1. The Balaban J connectivity index is 1.28. The Bertz CT molecular complexity index is 1590. The second-order valence-corrected chi connectivity index (χ2v) is 12.7. The van der Waals surface area contributed by atoms with Crippen molar-refractivity contribution < 1.29 is 32.2 Å².